The van der Waals surface area contributed by atoms with Gasteiger partial charge in [0.05, 0.1) is 6.72 Å². The van der Waals surface area contributed by atoms with Crippen molar-refractivity contribution in [2.75, 3.05) is 0 Å². The summed E-state index contributed by atoms with van der Waals surface area (Å²) in [4.78, 5) is 0. The first-order valence-corrected chi connectivity index (χ1v) is 8.48. The highest BCUT2D eigenvalue weighted by molar-refractivity contribution is 5.95. The Bertz CT molecular complexity index is 1160. The molecular weight excluding hydrogens is 302 g/mol. The van der Waals surface area contributed by atoms with Crippen LogP contribution >= 0.6 is 0 Å². The normalized spacial score (nSPS) is 13.4. The number of hydrogen-bond acceptors (Lipinski definition) is 0. The zero-order valence-electron chi connectivity index (χ0n) is 13.8. The summed E-state index contributed by atoms with van der Waals surface area (Å²) in [6.07, 6.45) is 4.23. The molecule has 0 saturated carbocycles. The molecule has 1 heterocycles. The maximum Gasteiger partial charge on any atom is 0.160 e. The van der Waals surface area contributed by atoms with Crippen molar-refractivity contribution in [3.8, 4) is 0 Å². The monoisotopic (exact) mass is 319 g/mol. The molecule has 1 aliphatic heterocycles. The Balaban J connectivity index is 1.82. The van der Waals surface area contributed by atoms with Crippen LogP contribution in [0.2, 0.25) is 0 Å². The molecule has 1 aliphatic rings. The van der Waals surface area contributed by atoms with E-state index in [1.165, 1.54) is 38.2 Å². The molecule has 0 saturated heterocycles. The largest absolute Gasteiger partial charge is 0.243 e. The maximum atomic E-state index is 4.25. The van der Waals surface area contributed by atoms with E-state index in [0.29, 0.717) is 0 Å². The van der Waals surface area contributed by atoms with Gasteiger partial charge in [-0.2, -0.15) is 0 Å². The lowest BCUT2D eigenvalue weighted by molar-refractivity contribution is -0.417. The summed E-state index contributed by atoms with van der Waals surface area (Å²) in [5.41, 5.74) is 3.71. The van der Waals surface area contributed by atoms with Gasteiger partial charge in [-0.1, -0.05) is 84.2 Å². The second kappa shape index (κ2) is 5.35. The molecule has 0 unspecified atom stereocenters. The first-order chi connectivity index (χ1) is 12.3. The van der Waals surface area contributed by atoms with Gasteiger partial charge in [0.25, 0.3) is 0 Å². The van der Waals surface area contributed by atoms with Crippen LogP contribution in [0.15, 0.2) is 85.1 Å². The van der Waals surface area contributed by atoms with E-state index in [2.05, 4.69) is 97.9 Å². The van der Waals surface area contributed by atoms with Crippen molar-refractivity contribution in [3.63, 3.8) is 0 Å². The topological polar surface area (TPSA) is 3.01 Å². The van der Waals surface area contributed by atoms with Crippen molar-refractivity contribution in [1.29, 1.82) is 0 Å². The van der Waals surface area contributed by atoms with E-state index in [-0.39, 0.29) is 0 Å². The Labute approximate surface area is 147 Å². The van der Waals surface area contributed by atoms with Gasteiger partial charge in [-0.3, -0.25) is 0 Å². The lowest BCUT2D eigenvalue weighted by Crippen LogP contribution is -2.19. The highest BCUT2D eigenvalue weighted by Gasteiger charge is 2.25. The second-order valence-electron chi connectivity index (χ2n) is 6.41. The fraction of sp³-hybridized carbons (Fsp3) is 0. The molecule has 118 valence electrons. The molecule has 0 aliphatic carbocycles. The van der Waals surface area contributed by atoms with Crippen LogP contribution in [-0.2, 0) is 0 Å². The fourth-order valence-electron chi connectivity index (χ4n) is 3.81. The van der Waals surface area contributed by atoms with Crippen LogP contribution in [0.3, 0.4) is 0 Å². The molecule has 1 heteroatoms. The van der Waals surface area contributed by atoms with Crippen molar-refractivity contribution in [3.05, 3.63) is 108 Å². The van der Waals surface area contributed by atoms with Gasteiger partial charge in [-0.15, -0.1) is 0 Å². The minimum atomic E-state index is 1.15. The summed E-state index contributed by atoms with van der Waals surface area (Å²) >= 11 is 0. The number of benzene rings is 4. The quantitative estimate of drug-likeness (QED) is 0.316. The van der Waals surface area contributed by atoms with Crippen LogP contribution in [0.1, 0.15) is 16.7 Å². The van der Waals surface area contributed by atoms with Crippen molar-refractivity contribution < 1.29 is 4.58 Å². The van der Waals surface area contributed by atoms with Crippen LogP contribution in [0.4, 0.5) is 0 Å². The molecule has 1 nitrogen and oxygen atoms in total. The third kappa shape index (κ3) is 2.10. The molecular formula is C24H17N. The second-order valence-corrected chi connectivity index (χ2v) is 6.41. The number of nitrogens with zero attached hydrogens (tertiary/aromatic N) is 1. The maximum absolute atomic E-state index is 4.25. The van der Waals surface area contributed by atoms with Gasteiger partial charge in [0.2, 0.25) is 0 Å². The van der Waals surface area contributed by atoms with Crippen molar-refractivity contribution >= 4 is 34.3 Å². The number of rotatable bonds is 1. The van der Waals surface area contributed by atoms with Crippen LogP contribution in [0.5, 0.6) is 0 Å². The Hall–Kier alpha value is -3.32. The minimum absolute atomic E-state index is 1.15. The molecule has 4 aromatic rings. The zero-order valence-corrected chi connectivity index (χ0v) is 13.8. The van der Waals surface area contributed by atoms with E-state index >= 15 is 0 Å². The average Bonchev–Trinajstić information content (AvgIpc) is 2.67. The van der Waals surface area contributed by atoms with Gasteiger partial charge in [-0.25, -0.2) is 4.58 Å². The van der Waals surface area contributed by atoms with Crippen LogP contribution in [-0.4, -0.2) is 11.3 Å². The summed E-state index contributed by atoms with van der Waals surface area (Å²) in [6.45, 7) is 4.25. The first-order valence-electron chi connectivity index (χ1n) is 8.48. The molecule has 5 rings (SSSR count). The van der Waals surface area contributed by atoms with Crippen molar-refractivity contribution in [2.24, 2.45) is 0 Å². The summed E-state index contributed by atoms with van der Waals surface area (Å²) in [5.74, 6) is 0. The summed E-state index contributed by atoms with van der Waals surface area (Å²) in [7, 11) is 0. The highest BCUT2D eigenvalue weighted by Crippen LogP contribution is 2.38. The van der Waals surface area contributed by atoms with Gasteiger partial charge in [0.1, 0.15) is 6.20 Å². The standard InChI is InChI=1S/C24H17N/c1-25-16-15-21-19-10-4-3-8-18(19)13-14-23(21)24(25)22-12-6-9-17-7-2-5-11-20(17)22/h2-16H,1H2. The molecule has 0 amide bonds. The molecule has 25 heavy (non-hydrogen) atoms. The third-order valence-corrected chi connectivity index (χ3v) is 4.98. The van der Waals surface area contributed by atoms with E-state index in [4.69, 9.17) is 0 Å². The first kappa shape index (κ1) is 14.1. The van der Waals surface area contributed by atoms with E-state index in [1.807, 2.05) is 4.58 Å². The molecule has 0 atom stereocenters. The number of hydrogen-bond donors (Lipinski definition) is 0. The predicted molar refractivity (Wildman–Crippen MR) is 106 cm³/mol. The Morgan fingerprint density at radius 3 is 2.16 bits per heavy atom. The van der Waals surface area contributed by atoms with Gasteiger partial charge < -0.3 is 0 Å². The third-order valence-electron chi connectivity index (χ3n) is 4.98. The van der Waals surface area contributed by atoms with Gasteiger partial charge in [-0.05, 0) is 38.9 Å². The van der Waals surface area contributed by atoms with Crippen molar-refractivity contribution in [2.45, 2.75) is 0 Å². The van der Waals surface area contributed by atoms with E-state index in [0.717, 1.165) is 6.04 Å². The SMILES string of the molecule is C=[N+]1C=Cc2c(ccc3ccccc23)[C-]1c1cccc2ccccc12. The summed E-state index contributed by atoms with van der Waals surface area (Å²) < 4.78 is 1.98. The smallest absolute Gasteiger partial charge is 0.160 e. The minimum Gasteiger partial charge on any atom is -0.243 e. The van der Waals surface area contributed by atoms with E-state index in [1.54, 1.807) is 0 Å². The van der Waals surface area contributed by atoms with Crippen molar-refractivity contribution in [1.82, 2.24) is 0 Å². The lowest BCUT2D eigenvalue weighted by Gasteiger charge is -2.26. The molecule has 0 spiro atoms. The summed E-state index contributed by atoms with van der Waals surface area (Å²) in [5, 5.41) is 5.05. The molecule has 0 bridgehead atoms. The van der Waals surface area contributed by atoms with Crippen LogP contribution in [0.25, 0.3) is 27.6 Å². The van der Waals surface area contributed by atoms with E-state index < -0.39 is 0 Å². The summed E-state index contributed by atoms with van der Waals surface area (Å²) in [6, 6.07) is 29.1. The number of fused-ring (bicyclic) bond motifs is 4. The van der Waals surface area contributed by atoms with Crippen LogP contribution < -0.4 is 0 Å². The van der Waals surface area contributed by atoms with Gasteiger partial charge >= 0.3 is 0 Å². The lowest BCUT2D eigenvalue weighted by atomic mass is 9.86. The van der Waals surface area contributed by atoms with Crippen LogP contribution in [0, 0.1) is 6.04 Å². The molecule has 0 radical (unpaired) electrons. The highest BCUT2D eigenvalue weighted by atomic mass is 15.0. The predicted octanol–water partition coefficient (Wildman–Crippen LogP) is 5.62. The Morgan fingerprint density at radius 2 is 1.32 bits per heavy atom. The average molecular weight is 319 g/mol. The Kier molecular flexibility index (Phi) is 3.01. The van der Waals surface area contributed by atoms with Gasteiger partial charge in [0, 0.05) is 0 Å². The molecule has 0 aromatic heterocycles. The zero-order chi connectivity index (χ0) is 16.8. The Morgan fingerprint density at radius 1 is 0.640 bits per heavy atom. The molecule has 0 N–H and O–H groups in total. The van der Waals surface area contributed by atoms with E-state index in [9.17, 15) is 0 Å². The molecule has 0 fully saturated rings. The van der Waals surface area contributed by atoms with Gasteiger partial charge in [0.15, 0.2) is 6.04 Å². The fourth-order valence-corrected chi connectivity index (χ4v) is 3.81. The molecule has 4 aromatic carbocycles.